The molecular formula is C16H30BrClN4S2. The molecular weight excluding hydrogens is 428 g/mol. The van der Waals surface area contributed by atoms with E-state index in [2.05, 4.69) is 38.5 Å². The maximum Gasteiger partial charge on any atom is 0.0267 e. The molecule has 0 aliphatic heterocycles. The number of pyridine rings is 2. The van der Waals surface area contributed by atoms with Gasteiger partial charge in [-0.1, -0.05) is 28.1 Å². The van der Waals surface area contributed by atoms with E-state index < -0.39 is 0 Å². The molecule has 0 atom stereocenters. The predicted octanol–water partition coefficient (Wildman–Crippen LogP) is 3.78. The van der Waals surface area contributed by atoms with Crippen molar-refractivity contribution in [2.45, 2.75) is 0 Å². The van der Waals surface area contributed by atoms with Crippen LogP contribution in [0.1, 0.15) is 0 Å². The van der Waals surface area contributed by atoms with Gasteiger partial charge in [0.1, 0.15) is 0 Å². The van der Waals surface area contributed by atoms with Gasteiger partial charge in [-0.15, -0.1) is 12.4 Å². The summed E-state index contributed by atoms with van der Waals surface area (Å²) in [4.78, 5) is 7.57. The molecule has 2 rings (SSSR count). The van der Waals surface area contributed by atoms with E-state index in [1.54, 1.807) is 36.5 Å². The molecule has 0 amide bonds. The van der Waals surface area contributed by atoms with Gasteiger partial charge in [0.25, 0.3) is 0 Å². The number of alkyl halides is 1. The number of aromatic nitrogens is 2. The van der Waals surface area contributed by atoms with Crippen LogP contribution in [0.15, 0.2) is 61.2 Å². The quantitative estimate of drug-likeness (QED) is 0.483. The summed E-state index contributed by atoms with van der Waals surface area (Å²) in [5.41, 5.74) is 10.1. The molecule has 4 nitrogen and oxygen atoms in total. The highest BCUT2D eigenvalue weighted by Crippen LogP contribution is 1.83. The van der Waals surface area contributed by atoms with Crippen LogP contribution in [-0.2, 0) is 0 Å². The first-order valence-corrected chi connectivity index (χ1v) is 10.5. The maximum atomic E-state index is 5.12. The minimum absolute atomic E-state index is 0. The van der Waals surface area contributed by atoms with Crippen molar-refractivity contribution in [2.75, 3.05) is 36.7 Å². The third-order valence-corrected chi connectivity index (χ3v) is 2.49. The van der Waals surface area contributed by atoms with E-state index in [0.29, 0.717) is 6.54 Å². The number of nitrogens with two attached hydrogens (primary N) is 2. The highest BCUT2D eigenvalue weighted by Gasteiger charge is 1.67. The molecule has 0 fully saturated rings. The summed E-state index contributed by atoms with van der Waals surface area (Å²) < 4.78 is 0. The highest BCUT2D eigenvalue weighted by atomic mass is 79.9. The van der Waals surface area contributed by atoms with Crippen molar-refractivity contribution in [3.05, 3.63) is 61.2 Å². The number of rotatable bonds is 3. The molecule has 2 aromatic heterocycles. The summed E-state index contributed by atoms with van der Waals surface area (Å²) in [7, 11) is 0. The van der Waals surface area contributed by atoms with Crippen molar-refractivity contribution >= 4 is 52.7 Å². The van der Waals surface area contributed by atoms with Gasteiger partial charge >= 0.3 is 0 Å². The third-order valence-electron chi connectivity index (χ3n) is 1.58. The minimum Gasteiger partial charge on any atom is -0.330 e. The zero-order valence-electron chi connectivity index (χ0n) is 14.3. The van der Waals surface area contributed by atoms with E-state index in [0.717, 1.165) is 18.1 Å². The lowest BCUT2D eigenvalue weighted by atomic mass is 10.5. The number of halogens is 2. The second-order valence-corrected chi connectivity index (χ2v) is 4.78. The number of hydrogen-bond acceptors (Lipinski definition) is 6. The van der Waals surface area contributed by atoms with Crippen LogP contribution in [0.2, 0.25) is 0 Å². The van der Waals surface area contributed by atoms with Gasteiger partial charge in [-0.2, -0.15) is 24.4 Å². The van der Waals surface area contributed by atoms with Crippen LogP contribution in [0.5, 0.6) is 0 Å². The summed E-state index contributed by atoms with van der Waals surface area (Å²) in [5, 5.41) is 0. The number of hydrogen-bond donors (Lipinski definition) is 3. The first kappa shape index (κ1) is 31.5. The summed E-state index contributed by atoms with van der Waals surface area (Å²) >= 11 is 8.51. The van der Waals surface area contributed by atoms with Gasteiger partial charge in [-0.05, 0) is 36.4 Å². The first-order valence-electron chi connectivity index (χ1n) is 6.91. The summed E-state index contributed by atoms with van der Waals surface area (Å²) in [6, 6.07) is 11.4. The SMILES string of the molecule is CBr.CSCCN.Cl.NCCS.c1ccncc1.c1ccncc1. The van der Waals surface area contributed by atoms with E-state index >= 15 is 0 Å². The standard InChI is InChI=1S/2C5H5N.C3H9NS.C2H7NS.CH3Br.ClH/c2*1-2-4-6-5-3-1;1-5-3-2-4;3-1-2-4;1-2;/h2*1-5H;2-4H2,1H3;4H,1-3H2;1H3;1H. The molecule has 0 aromatic carbocycles. The largest absolute Gasteiger partial charge is 0.330 e. The van der Waals surface area contributed by atoms with Crippen molar-refractivity contribution in [3.63, 3.8) is 0 Å². The zero-order valence-corrected chi connectivity index (χ0v) is 18.4. The van der Waals surface area contributed by atoms with Crippen LogP contribution in [0.4, 0.5) is 0 Å². The Morgan fingerprint density at radius 1 is 0.833 bits per heavy atom. The maximum absolute atomic E-state index is 5.12. The van der Waals surface area contributed by atoms with E-state index in [9.17, 15) is 0 Å². The fourth-order valence-corrected chi connectivity index (χ4v) is 0.979. The van der Waals surface area contributed by atoms with Crippen molar-refractivity contribution in [1.82, 2.24) is 9.97 Å². The normalized spacial score (nSPS) is 7.25. The van der Waals surface area contributed by atoms with Crippen molar-refractivity contribution < 1.29 is 0 Å². The second-order valence-electron chi connectivity index (χ2n) is 3.34. The molecule has 0 aliphatic rings. The molecule has 0 radical (unpaired) electrons. The Labute approximate surface area is 171 Å². The third kappa shape index (κ3) is 43.0. The molecule has 0 bridgehead atoms. The van der Waals surface area contributed by atoms with Crippen LogP contribution < -0.4 is 11.5 Å². The topological polar surface area (TPSA) is 77.8 Å². The van der Waals surface area contributed by atoms with Crippen molar-refractivity contribution in [3.8, 4) is 0 Å². The Morgan fingerprint density at radius 3 is 1.21 bits per heavy atom. The van der Waals surface area contributed by atoms with Gasteiger partial charge in [-0.25, -0.2) is 0 Å². The summed E-state index contributed by atoms with van der Waals surface area (Å²) in [6.45, 7) is 1.49. The molecule has 2 heterocycles. The van der Waals surface area contributed by atoms with Gasteiger partial charge in [0.2, 0.25) is 0 Å². The molecule has 0 saturated carbocycles. The molecule has 0 spiro atoms. The number of nitrogens with zero attached hydrogens (tertiary/aromatic N) is 2. The van der Waals surface area contributed by atoms with Gasteiger partial charge in [-0.3, -0.25) is 9.97 Å². The molecule has 0 saturated heterocycles. The minimum atomic E-state index is 0. The summed E-state index contributed by atoms with van der Waals surface area (Å²) in [6.07, 6.45) is 9.05. The molecule has 0 unspecified atom stereocenters. The van der Waals surface area contributed by atoms with Crippen LogP contribution >= 0.6 is 52.7 Å². The molecule has 140 valence electrons. The predicted molar refractivity (Wildman–Crippen MR) is 121 cm³/mol. The Bertz CT molecular complexity index is 273. The molecule has 2 aromatic rings. The van der Waals surface area contributed by atoms with E-state index in [4.69, 9.17) is 11.5 Å². The Hall–Kier alpha value is -0.310. The lowest BCUT2D eigenvalue weighted by Gasteiger charge is -1.80. The van der Waals surface area contributed by atoms with Gasteiger partial charge in [0.15, 0.2) is 0 Å². The molecule has 0 aliphatic carbocycles. The van der Waals surface area contributed by atoms with Crippen LogP contribution in [-0.4, -0.2) is 46.7 Å². The summed E-state index contributed by atoms with van der Waals surface area (Å²) in [5.74, 6) is 3.69. The Morgan fingerprint density at radius 2 is 1.17 bits per heavy atom. The lowest BCUT2D eigenvalue weighted by molar-refractivity contribution is 1.15. The fraction of sp³-hybridized carbons (Fsp3) is 0.375. The van der Waals surface area contributed by atoms with Gasteiger partial charge < -0.3 is 11.5 Å². The average molecular weight is 458 g/mol. The molecule has 24 heavy (non-hydrogen) atoms. The van der Waals surface area contributed by atoms with Crippen molar-refractivity contribution in [2.24, 2.45) is 11.5 Å². The lowest BCUT2D eigenvalue weighted by Crippen LogP contribution is -1.99. The smallest absolute Gasteiger partial charge is 0.0267 e. The zero-order chi connectivity index (χ0) is 18.0. The Kier molecular flexibility index (Phi) is 50.2. The van der Waals surface area contributed by atoms with E-state index in [1.165, 1.54) is 0 Å². The Balaban J connectivity index is -0.000000107. The highest BCUT2D eigenvalue weighted by molar-refractivity contribution is 9.08. The van der Waals surface area contributed by atoms with Crippen LogP contribution in [0.3, 0.4) is 0 Å². The monoisotopic (exact) mass is 456 g/mol. The fourth-order valence-electron chi connectivity index (χ4n) is 0.743. The van der Waals surface area contributed by atoms with Crippen molar-refractivity contribution in [1.29, 1.82) is 0 Å². The van der Waals surface area contributed by atoms with E-state index in [-0.39, 0.29) is 12.4 Å². The van der Waals surface area contributed by atoms with Gasteiger partial charge in [0.05, 0.1) is 0 Å². The van der Waals surface area contributed by atoms with E-state index in [1.807, 2.05) is 48.5 Å². The first-order chi connectivity index (χ1) is 11.3. The average Bonchev–Trinajstić information content (AvgIpc) is 2.68. The molecule has 8 heteroatoms. The number of thioether (sulfide) groups is 1. The second kappa shape index (κ2) is 38.3. The van der Waals surface area contributed by atoms with Crippen LogP contribution in [0.25, 0.3) is 0 Å². The molecule has 4 N–H and O–H groups in total. The number of thiol groups is 1. The van der Waals surface area contributed by atoms with Gasteiger partial charge in [0, 0.05) is 49.4 Å². The van der Waals surface area contributed by atoms with Crippen LogP contribution in [0, 0.1) is 0 Å².